The van der Waals surface area contributed by atoms with Crippen LogP contribution in [0.5, 0.6) is 0 Å². The van der Waals surface area contributed by atoms with Crippen LogP contribution in [0.1, 0.15) is 46.5 Å². The lowest BCUT2D eigenvalue weighted by atomic mass is 9.74. The number of rotatable bonds is 4. The molecule has 2 rings (SSSR count). The third-order valence-corrected chi connectivity index (χ3v) is 6.60. The average Bonchev–Trinajstić information content (AvgIpc) is 2.83. The zero-order valence-electron chi connectivity index (χ0n) is 12.1. The van der Waals surface area contributed by atoms with Gasteiger partial charge in [0.05, 0.1) is 18.3 Å². The molecule has 0 spiro atoms. The Morgan fingerprint density at radius 1 is 1.28 bits per heavy atom. The van der Waals surface area contributed by atoms with E-state index in [1.165, 1.54) is 38.0 Å². The molecule has 4 atom stereocenters. The fourth-order valence-electron chi connectivity index (χ4n) is 3.54. The summed E-state index contributed by atoms with van der Waals surface area (Å²) in [5.41, 5.74) is -0.581. The first kappa shape index (κ1) is 14.8. The lowest BCUT2D eigenvalue weighted by molar-refractivity contribution is -0.135. The molecule has 1 saturated carbocycles. The van der Waals surface area contributed by atoms with Gasteiger partial charge in [-0.1, -0.05) is 33.6 Å². The summed E-state index contributed by atoms with van der Waals surface area (Å²) in [5.74, 6) is 1.36. The molecule has 106 valence electrons. The maximum atomic E-state index is 11.1. The van der Waals surface area contributed by atoms with Gasteiger partial charge in [-0.2, -0.15) is 0 Å². The van der Waals surface area contributed by atoms with E-state index in [1.807, 2.05) is 0 Å². The van der Waals surface area contributed by atoms with Crippen LogP contribution in [0.2, 0.25) is 0 Å². The SMILES string of the molecule is CC(C)C1CPCC(C)[C@]1(O)COC1CCCC1. The van der Waals surface area contributed by atoms with E-state index in [0.29, 0.717) is 30.5 Å². The Balaban J connectivity index is 1.98. The second-order valence-electron chi connectivity index (χ2n) is 6.62. The molecule has 0 aromatic heterocycles. The standard InChI is InChI=1S/C15H29O2P/c1-11(2)14-9-18-8-12(3)15(14,16)10-17-13-6-4-5-7-13/h11-14,16,18H,4-10H2,1-3H3/t12?,14?,15-/m1/s1. The zero-order valence-corrected chi connectivity index (χ0v) is 13.1. The Morgan fingerprint density at radius 3 is 2.56 bits per heavy atom. The third kappa shape index (κ3) is 3.08. The molecule has 1 saturated heterocycles. The maximum absolute atomic E-state index is 11.1. The van der Waals surface area contributed by atoms with Crippen LogP contribution >= 0.6 is 8.58 Å². The van der Waals surface area contributed by atoms with Crippen molar-refractivity contribution in [2.75, 3.05) is 18.9 Å². The predicted molar refractivity (Wildman–Crippen MR) is 78.7 cm³/mol. The Labute approximate surface area is 114 Å². The van der Waals surface area contributed by atoms with Gasteiger partial charge in [-0.05, 0) is 42.9 Å². The van der Waals surface area contributed by atoms with Crippen molar-refractivity contribution >= 4 is 8.58 Å². The Kier molecular flexibility index (Phi) is 5.08. The Bertz CT molecular complexity index is 263. The van der Waals surface area contributed by atoms with Gasteiger partial charge in [0.1, 0.15) is 0 Å². The van der Waals surface area contributed by atoms with Gasteiger partial charge in [0.25, 0.3) is 0 Å². The van der Waals surface area contributed by atoms with E-state index >= 15 is 0 Å². The summed E-state index contributed by atoms with van der Waals surface area (Å²) in [4.78, 5) is 0. The van der Waals surface area contributed by atoms with Crippen molar-refractivity contribution < 1.29 is 9.84 Å². The molecule has 0 radical (unpaired) electrons. The molecule has 18 heavy (non-hydrogen) atoms. The van der Waals surface area contributed by atoms with Gasteiger partial charge in [-0.15, -0.1) is 8.58 Å². The Hall–Kier alpha value is 0.350. The molecule has 0 amide bonds. The second-order valence-corrected chi connectivity index (χ2v) is 7.93. The molecule has 1 aliphatic carbocycles. The van der Waals surface area contributed by atoms with Gasteiger partial charge in [0.2, 0.25) is 0 Å². The van der Waals surface area contributed by atoms with E-state index in [2.05, 4.69) is 20.8 Å². The number of hydrogen-bond acceptors (Lipinski definition) is 2. The first-order chi connectivity index (χ1) is 8.54. The molecule has 2 nitrogen and oxygen atoms in total. The number of aliphatic hydroxyl groups is 1. The van der Waals surface area contributed by atoms with Crippen LogP contribution in [0.15, 0.2) is 0 Å². The minimum Gasteiger partial charge on any atom is -0.387 e. The highest BCUT2D eigenvalue weighted by Crippen LogP contribution is 2.43. The van der Waals surface area contributed by atoms with Gasteiger partial charge >= 0.3 is 0 Å². The first-order valence-electron chi connectivity index (χ1n) is 7.58. The molecular weight excluding hydrogens is 243 g/mol. The Morgan fingerprint density at radius 2 is 1.94 bits per heavy atom. The topological polar surface area (TPSA) is 29.5 Å². The largest absolute Gasteiger partial charge is 0.387 e. The summed E-state index contributed by atoms with van der Waals surface area (Å²) >= 11 is 0. The normalized spacial score (nSPS) is 39.8. The van der Waals surface area contributed by atoms with Crippen molar-refractivity contribution in [1.82, 2.24) is 0 Å². The minimum absolute atomic E-state index is 0.387. The van der Waals surface area contributed by atoms with Crippen molar-refractivity contribution in [3.05, 3.63) is 0 Å². The van der Waals surface area contributed by atoms with E-state index in [1.54, 1.807) is 0 Å². The number of hydrogen-bond donors (Lipinski definition) is 1. The fourth-order valence-corrected chi connectivity index (χ4v) is 5.63. The highest BCUT2D eigenvalue weighted by molar-refractivity contribution is 7.38. The summed E-state index contributed by atoms with van der Waals surface area (Å²) < 4.78 is 6.05. The van der Waals surface area contributed by atoms with E-state index < -0.39 is 5.60 Å². The highest BCUT2D eigenvalue weighted by atomic mass is 31.1. The van der Waals surface area contributed by atoms with Gasteiger partial charge in [0.15, 0.2) is 0 Å². The molecule has 0 bridgehead atoms. The summed E-state index contributed by atoms with van der Waals surface area (Å²) in [6.45, 7) is 7.26. The lowest BCUT2D eigenvalue weighted by Gasteiger charge is -2.46. The molecule has 2 aliphatic rings. The van der Waals surface area contributed by atoms with Crippen molar-refractivity contribution in [3.63, 3.8) is 0 Å². The van der Waals surface area contributed by atoms with Crippen molar-refractivity contribution in [2.24, 2.45) is 17.8 Å². The van der Waals surface area contributed by atoms with Gasteiger partial charge in [-0.3, -0.25) is 0 Å². The van der Waals surface area contributed by atoms with Crippen LogP contribution in [0.4, 0.5) is 0 Å². The quantitative estimate of drug-likeness (QED) is 0.796. The van der Waals surface area contributed by atoms with Crippen LogP contribution in [-0.4, -0.2) is 35.7 Å². The summed E-state index contributed by atoms with van der Waals surface area (Å²) in [5, 5.41) is 11.1. The van der Waals surface area contributed by atoms with Crippen molar-refractivity contribution in [3.8, 4) is 0 Å². The molecule has 2 fully saturated rings. The van der Waals surface area contributed by atoms with Crippen LogP contribution in [0.3, 0.4) is 0 Å². The van der Waals surface area contributed by atoms with E-state index in [4.69, 9.17) is 4.74 Å². The third-order valence-electron chi connectivity index (χ3n) is 4.97. The summed E-state index contributed by atoms with van der Waals surface area (Å²) in [6.07, 6.45) is 7.76. The van der Waals surface area contributed by atoms with Gasteiger partial charge in [-0.25, -0.2) is 0 Å². The van der Waals surface area contributed by atoms with Crippen LogP contribution in [-0.2, 0) is 4.74 Å². The molecular formula is C15H29O2P. The minimum atomic E-state index is -0.581. The van der Waals surface area contributed by atoms with Gasteiger partial charge in [0, 0.05) is 0 Å². The smallest absolute Gasteiger partial charge is 0.0942 e. The van der Waals surface area contributed by atoms with Crippen LogP contribution in [0.25, 0.3) is 0 Å². The van der Waals surface area contributed by atoms with Gasteiger partial charge < -0.3 is 9.84 Å². The van der Waals surface area contributed by atoms with E-state index in [9.17, 15) is 5.11 Å². The number of ether oxygens (including phenoxy) is 1. The molecule has 0 aromatic rings. The first-order valence-corrected chi connectivity index (χ1v) is 9.00. The van der Waals surface area contributed by atoms with Crippen LogP contribution < -0.4 is 0 Å². The lowest BCUT2D eigenvalue weighted by Crippen LogP contribution is -2.54. The summed E-state index contributed by atoms with van der Waals surface area (Å²) in [6, 6.07) is 0. The van der Waals surface area contributed by atoms with Crippen LogP contribution in [0, 0.1) is 17.8 Å². The average molecular weight is 272 g/mol. The van der Waals surface area contributed by atoms with E-state index in [-0.39, 0.29) is 0 Å². The maximum Gasteiger partial charge on any atom is 0.0942 e. The zero-order chi connectivity index (χ0) is 13.2. The summed E-state index contributed by atoms with van der Waals surface area (Å²) in [7, 11) is 1.02. The monoisotopic (exact) mass is 272 g/mol. The van der Waals surface area contributed by atoms with E-state index in [0.717, 1.165) is 8.58 Å². The molecule has 3 unspecified atom stereocenters. The highest BCUT2D eigenvalue weighted by Gasteiger charge is 2.46. The fraction of sp³-hybridized carbons (Fsp3) is 1.00. The molecule has 1 heterocycles. The predicted octanol–water partition coefficient (Wildman–Crippen LogP) is 3.28. The van der Waals surface area contributed by atoms with Crippen molar-refractivity contribution in [2.45, 2.75) is 58.2 Å². The van der Waals surface area contributed by atoms with Crippen molar-refractivity contribution in [1.29, 1.82) is 0 Å². The molecule has 0 aromatic carbocycles. The molecule has 3 heteroatoms. The second kappa shape index (κ2) is 6.20. The molecule has 1 aliphatic heterocycles. The molecule has 1 N–H and O–H groups in total.